The fraction of sp³-hybridized carbons (Fsp3) is 0.208. The van der Waals surface area contributed by atoms with Crippen LogP contribution in [0.15, 0.2) is 65.8 Å². The van der Waals surface area contributed by atoms with Crippen LogP contribution in [0.2, 0.25) is 0 Å². The van der Waals surface area contributed by atoms with Gasteiger partial charge in [-0.3, -0.25) is 15.1 Å². The van der Waals surface area contributed by atoms with Crippen LogP contribution in [0.25, 0.3) is 0 Å². The normalized spacial score (nSPS) is 11.0. The number of anilines is 1. The number of carbonyl (C=O) groups is 1. The highest BCUT2D eigenvalue weighted by Gasteiger charge is 2.13. The molecule has 2 N–H and O–H groups in total. The predicted octanol–water partition coefficient (Wildman–Crippen LogP) is 4.11. The number of aliphatic imine (C=N–C) groups is 1. The summed E-state index contributed by atoms with van der Waals surface area (Å²) in [7, 11) is 3.08. The van der Waals surface area contributed by atoms with E-state index in [0.29, 0.717) is 29.6 Å². The number of methoxy groups -OCH3 is 2. The van der Waals surface area contributed by atoms with Gasteiger partial charge in [0.25, 0.3) is 5.91 Å². The van der Waals surface area contributed by atoms with Crippen molar-refractivity contribution < 1.29 is 14.3 Å². The first-order valence-electron chi connectivity index (χ1n) is 9.82. The van der Waals surface area contributed by atoms with Crippen LogP contribution in [-0.4, -0.2) is 31.1 Å². The summed E-state index contributed by atoms with van der Waals surface area (Å²) < 4.78 is 10.5. The second-order valence-electron chi connectivity index (χ2n) is 6.93. The zero-order valence-corrected chi connectivity index (χ0v) is 18.1. The van der Waals surface area contributed by atoms with Crippen LogP contribution in [0.3, 0.4) is 0 Å². The molecule has 1 aromatic heterocycles. The Hall–Kier alpha value is -3.87. The molecule has 0 unspecified atom stereocenters. The fourth-order valence-electron chi connectivity index (χ4n) is 2.88. The number of ether oxygens (including phenoxy) is 2. The maximum atomic E-state index is 12.9. The molecule has 31 heavy (non-hydrogen) atoms. The van der Waals surface area contributed by atoms with E-state index in [1.54, 1.807) is 31.5 Å². The van der Waals surface area contributed by atoms with E-state index < -0.39 is 0 Å². The molecular formula is C24H26N4O3. The monoisotopic (exact) mass is 418 g/mol. The second kappa shape index (κ2) is 10.2. The topological polar surface area (TPSA) is 84.8 Å². The molecule has 1 amide bonds. The van der Waals surface area contributed by atoms with Crippen molar-refractivity contribution in [1.82, 2.24) is 10.3 Å². The van der Waals surface area contributed by atoms with Gasteiger partial charge in [-0.1, -0.05) is 12.1 Å². The van der Waals surface area contributed by atoms with Gasteiger partial charge in [-0.15, -0.1) is 0 Å². The number of hydrogen-bond acceptors (Lipinski definition) is 5. The Morgan fingerprint density at radius 3 is 2.45 bits per heavy atom. The van der Waals surface area contributed by atoms with Gasteiger partial charge in [-0.05, 0) is 67.4 Å². The van der Waals surface area contributed by atoms with E-state index >= 15 is 0 Å². The summed E-state index contributed by atoms with van der Waals surface area (Å²) in [6, 6.07) is 16.6. The van der Waals surface area contributed by atoms with Crippen molar-refractivity contribution in [2.75, 3.05) is 19.5 Å². The summed E-state index contributed by atoms with van der Waals surface area (Å²) in [6.45, 7) is 4.40. The maximum Gasteiger partial charge on any atom is 0.258 e. The number of carbonyl (C=O) groups excluding carboxylic acids is 1. The lowest BCUT2D eigenvalue weighted by Crippen LogP contribution is -2.36. The number of benzene rings is 2. The third-order valence-electron chi connectivity index (χ3n) is 4.77. The van der Waals surface area contributed by atoms with Crippen LogP contribution in [-0.2, 0) is 6.54 Å². The van der Waals surface area contributed by atoms with Gasteiger partial charge in [0.1, 0.15) is 0 Å². The van der Waals surface area contributed by atoms with Crippen LogP contribution >= 0.6 is 0 Å². The Morgan fingerprint density at radius 1 is 0.968 bits per heavy atom. The van der Waals surface area contributed by atoms with Crippen molar-refractivity contribution in [3.63, 3.8) is 0 Å². The van der Waals surface area contributed by atoms with Crippen LogP contribution in [0.1, 0.15) is 27.2 Å². The minimum atomic E-state index is -0.322. The minimum Gasteiger partial charge on any atom is -0.493 e. The van der Waals surface area contributed by atoms with Gasteiger partial charge in [0.15, 0.2) is 11.5 Å². The molecule has 7 heteroatoms. The average Bonchev–Trinajstić information content (AvgIpc) is 2.80. The Balaban J connectivity index is 1.84. The molecule has 160 valence electrons. The first kappa shape index (κ1) is 21.8. The number of aromatic nitrogens is 1. The number of nitrogens with one attached hydrogen (secondary N) is 2. The van der Waals surface area contributed by atoms with Crippen molar-refractivity contribution in [2.45, 2.75) is 20.4 Å². The summed E-state index contributed by atoms with van der Waals surface area (Å²) in [6.07, 6.45) is 1.71. The molecule has 0 fully saturated rings. The Labute approximate surface area is 182 Å². The number of guanidine groups is 1. The largest absolute Gasteiger partial charge is 0.493 e. The smallest absolute Gasteiger partial charge is 0.258 e. The molecule has 0 atom stereocenters. The molecule has 3 aromatic rings. The highest BCUT2D eigenvalue weighted by atomic mass is 16.5. The van der Waals surface area contributed by atoms with Crippen LogP contribution in [0.4, 0.5) is 5.69 Å². The van der Waals surface area contributed by atoms with Crippen molar-refractivity contribution >= 4 is 17.6 Å². The summed E-state index contributed by atoms with van der Waals surface area (Å²) in [4.78, 5) is 21.7. The molecule has 2 aromatic carbocycles. The molecule has 7 nitrogen and oxygen atoms in total. The average molecular weight is 418 g/mol. The van der Waals surface area contributed by atoms with Crippen LogP contribution < -0.4 is 20.1 Å². The number of amides is 1. The van der Waals surface area contributed by atoms with Gasteiger partial charge >= 0.3 is 0 Å². The molecule has 0 aliphatic heterocycles. The summed E-state index contributed by atoms with van der Waals surface area (Å²) in [5, 5.41) is 6.05. The first-order valence-corrected chi connectivity index (χ1v) is 9.82. The standard InChI is InChI=1S/C24H26N4O3/c1-16-8-10-19(13-17(16)2)27-24(26-15-20-7-5-6-12-25-20)28-23(29)18-9-11-21(30-3)22(14-18)31-4/h5-14H,15H2,1-4H3,(H2,26,27,28,29). The number of hydrogen-bond donors (Lipinski definition) is 2. The zero-order valence-electron chi connectivity index (χ0n) is 18.1. The minimum absolute atomic E-state index is 0.320. The number of rotatable bonds is 6. The molecule has 0 saturated carbocycles. The number of nitrogens with zero attached hydrogens (tertiary/aromatic N) is 2. The van der Waals surface area contributed by atoms with Gasteiger partial charge < -0.3 is 14.8 Å². The molecule has 0 aliphatic rings. The molecular weight excluding hydrogens is 392 g/mol. The number of aryl methyl sites for hydroxylation is 2. The van der Waals surface area contributed by atoms with Crippen molar-refractivity contribution in [2.24, 2.45) is 4.99 Å². The SMILES string of the molecule is COc1ccc(C(=O)NC(=NCc2ccccn2)Nc2ccc(C)c(C)c2)cc1OC. The van der Waals surface area contributed by atoms with Gasteiger partial charge in [0.2, 0.25) is 5.96 Å². The molecule has 0 aliphatic carbocycles. The van der Waals surface area contributed by atoms with Gasteiger partial charge in [-0.25, -0.2) is 4.99 Å². The molecule has 0 radical (unpaired) electrons. The zero-order chi connectivity index (χ0) is 22.2. The van der Waals surface area contributed by atoms with Crippen molar-refractivity contribution in [3.8, 4) is 11.5 Å². The van der Waals surface area contributed by atoms with Crippen LogP contribution in [0, 0.1) is 13.8 Å². The second-order valence-corrected chi connectivity index (χ2v) is 6.93. The summed E-state index contributed by atoms with van der Waals surface area (Å²) in [5.74, 6) is 1.03. The highest BCUT2D eigenvalue weighted by Crippen LogP contribution is 2.27. The Bertz CT molecular complexity index is 1080. The van der Waals surface area contributed by atoms with E-state index in [4.69, 9.17) is 9.47 Å². The summed E-state index contributed by atoms with van der Waals surface area (Å²) in [5.41, 5.74) is 4.37. The van der Waals surface area contributed by atoms with E-state index in [1.807, 2.05) is 50.2 Å². The summed E-state index contributed by atoms with van der Waals surface area (Å²) >= 11 is 0. The molecule has 3 rings (SSSR count). The van der Waals surface area contributed by atoms with Gasteiger partial charge in [0.05, 0.1) is 26.5 Å². The molecule has 1 heterocycles. The predicted molar refractivity (Wildman–Crippen MR) is 122 cm³/mol. The van der Waals surface area contributed by atoms with Crippen molar-refractivity contribution in [3.05, 3.63) is 83.2 Å². The molecule has 0 bridgehead atoms. The van der Waals surface area contributed by atoms with E-state index in [0.717, 1.165) is 16.9 Å². The lowest BCUT2D eigenvalue weighted by molar-refractivity contribution is 0.0976. The number of pyridine rings is 1. The molecule has 0 saturated heterocycles. The third-order valence-corrected chi connectivity index (χ3v) is 4.77. The third kappa shape index (κ3) is 5.82. The molecule has 0 spiro atoms. The lowest BCUT2D eigenvalue weighted by Gasteiger charge is -2.14. The maximum absolute atomic E-state index is 12.9. The van der Waals surface area contributed by atoms with Gasteiger partial charge in [0, 0.05) is 17.4 Å². The Morgan fingerprint density at radius 2 is 1.77 bits per heavy atom. The van der Waals surface area contributed by atoms with E-state index in [-0.39, 0.29) is 5.91 Å². The van der Waals surface area contributed by atoms with Gasteiger partial charge in [-0.2, -0.15) is 0 Å². The quantitative estimate of drug-likeness (QED) is 0.465. The lowest BCUT2D eigenvalue weighted by atomic mass is 10.1. The first-order chi connectivity index (χ1) is 15.0. The van der Waals surface area contributed by atoms with Crippen LogP contribution in [0.5, 0.6) is 11.5 Å². The van der Waals surface area contributed by atoms with E-state index in [2.05, 4.69) is 20.6 Å². The highest BCUT2D eigenvalue weighted by molar-refractivity contribution is 6.10. The van der Waals surface area contributed by atoms with Crippen molar-refractivity contribution in [1.29, 1.82) is 0 Å². The Kier molecular flexibility index (Phi) is 7.22. The van der Waals surface area contributed by atoms with E-state index in [1.165, 1.54) is 12.7 Å². The fourth-order valence-corrected chi connectivity index (χ4v) is 2.88. The van der Waals surface area contributed by atoms with E-state index in [9.17, 15) is 4.79 Å².